The molecule has 0 saturated heterocycles. The minimum atomic E-state index is 0.305. The van der Waals surface area contributed by atoms with Gasteiger partial charge in [0.2, 0.25) is 0 Å². The molecule has 0 bridgehead atoms. The Hall–Kier alpha value is -0.930. The van der Waals surface area contributed by atoms with Crippen molar-refractivity contribution in [3.8, 4) is 0 Å². The summed E-state index contributed by atoms with van der Waals surface area (Å²) in [6, 6.07) is 4.48. The lowest BCUT2D eigenvalue weighted by Crippen LogP contribution is -2.23. The number of hydrogen-bond acceptors (Lipinski definition) is 3. The Balaban J connectivity index is 2.48. The Labute approximate surface area is 98.2 Å². The minimum absolute atomic E-state index is 0.305. The van der Waals surface area contributed by atoms with Crippen LogP contribution in [0.5, 0.6) is 0 Å². The molecule has 1 aromatic heterocycles. The number of pyridine rings is 1. The van der Waals surface area contributed by atoms with E-state index in [4.69, 9.17) is 4.74 Å². The Kier molecular flexibility index (Phi) is 6.04. The molecular weight excluding hydrogens is 200 g/mol. The van der Waals surface area contributed by atoms with Crippen molar-refractivity contribution in [2.75, 3.05) is 13.2 Å². The molecule has 0 spiro atoms. The summed E-state index contributed by atoms with van der Waals surface area (Å²) in [4.78, 5) is 4.04. The predicted molar refractivity (Wildman–Crippen MR) is 66.4 cm³/mol. The topological polar surface area (TPSA) is 34.1 Å². The molecule has 0 aliphatic heterocycles. The van der Waals surface area contributed by atoms with Crippen LogP contribution in [0, 0.1) is 0 Å². The molecule has 1 heterocycles. The summed E-state index contributed by atoms with van der Waals surface area (Å²) < 4.78 is 5.58. The molecule has 0 saturated carbocycles. The van der Waals surface area contributed by atoms with E-state index in [9.17, 15) is 0 Å². The van der Waals surface area contributed by atoms with Crippen LogP contribution in [0.1, 0.15) is 38.8 Å². The van der Waals surface area contributed by atoms with Crippen molar-refractivity contribution in [3.63, 3.8) is 0 Å². The van der Waals surface area contributed by atoms with Crippen LogP contribution in [0.25, 0.3) is 0 Å². The zero-order valence-electron chi connectivity index (χ0n) is 10.4. The molecule has 1 N–H and O–H groups in total. The van der Waals surface area contributed by atoms with Gasteiger partial charge in [-0.1, -0.05) is 6.92 Å². The number of nitrogens with one attached hydrogen (secondary N) is 1. The average Bonchev–Trinajstić information content (AvgIpc) is 2.29. The Morgan fingerprint density at radius 2 is 2.00 bits per heavy atom. The smallest absolute Gasteiger partial charge is 0.0518 e. The van der Waals surface area contributed by atoms with Gasteiger partial charge in [0.1, 0.15) is 0 Å². The first kappa shape index (κ1) is 13.1. The van der Waals surface area contributed by atoms with Crippen molar-refractivity contribution in [2.45, 2.75) is 39.3 Å². The zero-order chi connectivity index (χ0) is 11.8. The molecule has 1 aromatic rings. The second kappa shape index (κ2) is 7.36. The normalized spacial score (nSPS) is 13.0. The van der Waals surface area contributed by atoms with Gasteiger partial charge >= 0.3 is 0 Å². The van der Waals surface area contributed by atoms with Gasteiger partial charge in [0.25, 0.3) is 0 Å². The van der Waals surface area contributed by atoms with Crippen molar-refractivity contribution in [1.82, 2.24) is 10.3 Å². The Morgan fingerprint density at radius 1 is 1.31 bits per heavy atom. The zero-order valence-corrected chi connectivity index (χ0v) is 10.4. The second-order valence-electron chi connectivity index (χ2n) is 4.10. The molecule has 3 heteroatoms. The third kappa shape index (κ3) is 4.73. The number of aromatic nitrogens is 1. The van der Waals surface area contributed by atoms with E-state index in [1.807, 2.05) is 12.4 Å². The van der Waals surface area contributed by atoms with E-state index in [0.717, 1.165) is 19.6 Å². The molecule has 3 nitrogen and oxygen atoms in total. The van der Waals surface area contributed by atoms with Gasteiger partial charge in [-0.3, -0.25) is 4.98 Å². The molecule has 16 heavy (non-hydrogen) atoms. The summed E-state index contributed by atoms with van der Waals surface area (Å²) in [6.07, 6.45) is 4.97. The van der Waals surface area contributed by atoms with Gasteiger partial charge in [-0.15, -0.1) is 0 Å². The van der Waals surface area contributed by atoms with Gasteiger partial charge in [-0.05, 0) is 44.5 Å². The molecule has 1 rings (SSSR count). The maximum Gasteiger partial charge on any atom is 0.0518 e. The molecule has 0 aliphatic carbocycles. The van der Waals surface area contributed by atoms with E-state index < -0.39 is 0 Å². The molecule has 0 radical (unpaired) electrons. The maximum atomic E-state index is 5.58. The first-order chi connectivity index (χ1) is 7.74. The average molecular weight is 222 g/mol. The lowest BCUT2D eigenvalue weighted by Gasteiger charge is -2.18. The Morgan fingerprint density at radius 3 is 2.56 bits per heavy atom. The predicted octanol–water partition coefficient (Wildman–Crippen LogP) is 2.55. The van der Waals surface area contributed by atoms with E-state index >= 15 is 0 Å². The highest BCUT2D eigenvalue weighted by Crippen LogP contribution is 2.15. The number of nitrogens with zero attached hydrogens (tertiary/aromatic N) is 1. The summed E-state index contributed by atoms with van der Waals surface area (Å²) in [5.41, 5.74) is 1.28. The standard InChI is InChI=1S/C13H22N2O/c1-4-15-13(7-10-16-11(2)3)12-5-8-14-9-6-12/h5-6,8-9,11,13,15H,4,7,10H2,1-3H3. The monoisotopic (exact) mass is 222 g/mol. The Bertz CT molecular complexity index is 275. The number of rotatable bonds is 7. The highest BCUT2D eigenvalue weighted by molar-refractivity contribution is 5.14. The van der Waals surface area contributed by atoms with E-state index in [1.165, 1.54) is 5.56 Å². The molecule has 0 amide bonds. The van der Waals surface area contributed by atoms with Crippen molar-refractivity contribution >= 4 is 0 Å². The van der Waals surface area contributed by atoms with Crippen LogP contribution < -0.4 is 5.32 Å². The molecule has 0 aliphatic rings. The quantitative estimate of drug-likeness (QED) is 0.770. The van der Waals surface area contributed by atoms with Gasteiger partial charge < -0.3 is 10.1 Å². The van der Waals surface area contributed by atoms with Crippen molar-refractivity contribution in [1.29, 1.82) is 0 Å². The molecule has 1 atom stereocenters. The van der Waals surface area contributed by atoms with Crippen molar-refractivity contribution in [2.24, 2.45) is 0 Å². The lowest BCUT2D eigenvalue weighted by atomic mass is 10.1. The van der Waals surface area contributed by atoms with Crippen LogP contribution in [-0.2, 0) is 4.74 Å². The van der Waals surface area contributed by atoms with Gasteiger partial charge in [0, 0.05) is 25.0 Å². The van der Waals surface area contributed by atoms with Crippen LogP contribution in [0.4, 0.5) is 0 Å². The third-order valence-electron chi connectivity index (χ3n) is 2.42. The van der Waals surface area contributed by atoms with Crippen LogP contribution in [-0.4, -0.2) is 24.2 Å². The van der Waals surface area contributed by atoms with Crippen LogP contribution in [0.2, 0.25) is 0 Å². The fraction of sp³-hybridized carbons (Fsp3) is 0.615. The van der Waals surface area contributed by atoms with Gasteiger partial charge in [-0.25, -0.2) is 0 Å². The number of hydrogen-bond donors (Lipinski definition) is 1. The first-order valence-corrected chi connectivity index (χ1v) is 5.99. The molecular formula is C13H22N2O. The SMILES string of the molecule is CCNC(CCOC(C)C)c1ccncc1. The maximum absolute atomic E-state index is 5.58. The van der Waals surface area contributed by atoms with Crippen molar-refractivity contribution < 1.29 is 4.74 Å². The highest BCUT2D eigenvalue weighted by Gasteiger charge is 2.09. The summed E-state index contributed by atoms with van der Waals surface area (Å²) in [5, 5.41) is 3.46. The molecule has 0 aromatic carbocycles. The molecule has 0 fully saturated rings. The summed E-state index contributed by atoms with van der Waals surface area (Å²) in [7, 11) is 0. The largest absolute Gasteiger partial charge is 0.379 e. The summed E-state index contributed by atoms with van der Waals surface area (Å²) in [6.45, 7) is 8.01. The fourth-order valence-corrected chi connectivity index (χ4v) is 1.65. The fourth-order valence-electron chi connectivity index (χ4n) is 1.65. The van der Waals surface area contributed by atoms with Crippen LogP contribution in [0.15, 0.2) is 24.5 Å². The highest BCUT2D eigenvalue weighted by atomic mass is 16.5. The summed E-state index contributed by atoms with van der Waals surface area (Å²) in [5.74, 6) is 0. The van der Waals surface area contributed by atoms with Gasteiger partial charge in [0.15, 0.2) is 0 Å². The number of ether oxygens (including phenoxy) is 1. The first-order valence-electron chi connectivity index (χ1n) is 5.99. The van der Waals surface area contributed by atoms with Gasteiger partial charge in [-0.2, -0.15) is 0 Å². The van der Waals surface area contributed by atoms with Crippen molar-refractivity contribution in [3.05, 3.63) is 30.1 Å². The van der Waals surface area contributed by atoms with E-state index in [0.29, 0.717) is 12.1 Å². The summed E-state index contributed by atoms with van der Waals surface area (Å²) >= 11 is 0. The molecule has 90 valence electrons. The minimum Gasteiger partial charge on any atom is -0.379 e. The van der Waals surface area contributed by atoms with Crippen LogP contribution in [0.3, 0.4) is 0 Å². The van der Waals surface area contributed by atoms with E-state index in [1.54, 1.807) is 0 Å². The van der Waals surface area contributed by atoms with E-state index in [2.05, 4.69) is 43.2 Å². The van der Waals surface area contributed by atoms with Gasteiger partial charge in [0.05, 0.1) is 6.10 Å². The van der Waals surface area contributed by atoms with E-state index in [-0.39, 0.29) is 0 Å². The lowest BCUT2D eigenvalue weighted by molar-refractivity contribution is 0.0716. The second-order valence-corrected chi connectivity index (χ2v) is 4.10. The van der Waals surface area contributed by atoms with Crippen LogP contribution >= 0.6 is 0 Å². The third-order valence-corrected chi connectivity index (χ3v) is 2.42. The molecule has 1 unspecified atom stereocenters.